The molecular weight excluding hydrogens is 385 g/mol. The summed E-state index contributed by atoms with van der Waals surface area (Å²) in [6.07, 6.45) is -3.20. The average molecular weight is 399 g/mol. The van der Waals surface area contributed by atoms with Gasteiger partial charge in [-0.1, -0.05) is 6.08 Å². The molecule has 5 nitrogen and oxygen atoms in total. The summed E-state index contributed by atoms with van der Waals surface area (Å²) >= 11 is 0. The molecule has 1 heterocycles. The molecule has 0 saturated carbocycles. The smallest absolute Gasteiger partial charge is 0.406 e. The summed E-state index contributed by atoms with van der Waals surface area (Å²) in [5, 5.41) is 0. The molecule has 1 aromatic carbocycles. The van der Waals surface area contributed by atoms with E-state index >= 15 is 0 Å². The Kier molecular flexibility index (Phi) is 5.30. The Morgan fingerprint density at radius 3 is 2.57 bits per heavy atom. The molecule has 0 bridgehead atoms. The Morgan fingerprint density at radius 1 is 1.18 bits per heavy atom. The quantitative estimate of drug-likeness (QED) is 0.764. The molecule has 1 aromatic heterocycles. The van der Waals surface area contributed by atoms with E-state index in [-0.39, 0.29) is 23.4 Å². The molecule has 2 N–H and O–H groups in total. The zero-order valence-electron chi connectivity index (χ0n) is 14.3. The van der Waals surface area contributed by atoms with Crippen LogP contribution in [0.25, 0.3) is 16.8 Å². The Labute approximate surface area is 156 Å². The number of carbonyl (C=O) groups excluding carboxylic acids is 1. The highest BCUT2D eigenvalue weighted by Gasteiger charge is 2.44. The molecule has 0 aliphatic heterocycles. The molecule has 1 aliphatic carbocycles. The fourth-order valence-electron chi connectivity index (χ4n) is 3.13. The van der Waals surface area contributed by atoms with Crippen molar-refractivity contribution < 1.29 is 31.5 Å². The molecule has 1 atom stereocenters. The van der Waals surface area contributed by atoms with Gasteiger partial charge in [-0.2, -0.15) is 13.2 Å². The molecular formula is C18H14F5N3O2. The minimum absolute atomic E-state index is 0.182. The molecule has 3 rings (SSSR count). The number of ether oxygens (including phenoxy) is 1. The third-order valence-corrected chi connectivity index (χ3v) is 4.30. The van der Waals surface area contributed by atoms with Crippen LogP contribution in [0.1, 0.15) is 25.0 Å². The third-order valence-electron chi connectivity index (χ3n) is 4.30. The number of carbonyl (C=O) groups is 1. The van der Waals surface area contributed by atoms with Gasteiger partial charge in [0, 0.05) is 5.56 Å². The maximum Gasteiger partial charge on any atom is 0.410 e. The van der Waals surface area contributed by atoms with Crippen molar-refractivity contribution >= 4 is 11.7 Å². The number of halogens is 5. The maximum atomic E-state index is 14.2. The average Bonchev–Trinajstić information content (AvgIpc) is 2.63. The SMILES string of the molecule is NC(=O)Oc1c(C2=CCCCC2C(F)(F)F)ncnc1-c1cc(F)ccc1F. The van der Waals surface area contributed by atoms with Crippen LogP contribution in [-0.2, 0) is 0 Å². The number of allylic oxidation sites excluding steroid dienone is 2. The Hall–Kier alpha value is -3.04. The number of primary amides is 1. The van der Waals surface area contributed by atoms with Gasteiger partial charge in [0.05, 0.1) is 5.92 Å². The first-order valence-electron chi connectivity index (χ1n) is 8.23. The second-order valence-electron chi connectivity index (χ2n) is 6.13. The number of aromatic nitrogens is 2. The minimum Gasteiger partial charge on any atom is -0.406 e. The summed E-state index contributed by atoms with van der Waals surface area (Å²) in [7, 11) is 0. The van der Waals surface area contributed by atoms with Crippen molar-refractivity contribution in [1.29, 1.82) is 0 Å². The van der Waals surface area contributed by atoms with Crippen LogP contribution in [0.4, 0.5) is 26.7 Å². The van der Waals surface area contributed by atoms with Gasteiger partial charge in [0.15, 0.2) is 5.75 Å². The van der Waals surface area contributed by atoms with Gasteiger partial charge >= 0.3 is 12.3 Å². The lowest BCUT2D eigenvalue weighted by Crippen LogP contribution is -2.27. The molecule has 2 aromatic rings. The normalized spacial score (nSPS) is 17.2. The fraction of sp³-hybridized carbons (Fsp3) is 0.278. The van der Waals surface area contributed by atoms with Gasteiger partial charge in [-0.05, 0) is 43.0 Å². The van der Waals surface area contributed by atoms with Crippen LogP contribution in [0.5, 0.6) is 5.75 Å². The number of benzene rings is 1. The topological polar surface area (TPSA) is 78.1 Å². The Bertz CT molecular complexity index is 943. The van der Waals surface area contributed by atoms with Gasteiger partial charge in [-0.15, -0.1) is 0 Å². The van der Waals surface area contributed by atoms with E-state index in [1.807, 2.05) is 0 Å². The van der Waals surface area contributed by atoms with Gasteiger partial charge in [-0.25, -0.2) is 23.5 Å². The lowest BCUT2D eigenvalue weighted by Gasteiger charge is -2.27. The van der Waals surface area contributed by atoms with Crippen LogP contribution in [0.2, 0.25) is 0 Å². The Balaban J connectivity index is 2.24. The van der Waals surface area contributed by atoms with Gasteiger partial charge in [0.25, 0.3) is 0 Å². The number of hydrogen-bond acceptors (Lipinski definition) is 4. The number of nitrogens with zero attached hydrogens (tertiary/aromatic N) is 2. The van der Waals surface area contributed by atoms with E-state index in [1.165, 1.54) is 6.08 Å². The number of rotatable bonds is 3. The van der Waals surface area contributed by atoms with Crippen LogP contribution < -0.4 is 10.5 Å². The summed E-state index contributed by atoms with van der Waals surface area (Å²) < 4.78 is 73.1. The van der Waals surface area contributed by atoms with Crippen molar-refractivity contribution in [3.8, 4) is 17.0 Å². The monoisotopic (exact) mass is 399 g/mol. The first kappa shape index (κ1) is 19.7. The Morgan fingerprint density at radius 2 is 1.89 bits per heavy atom. The van der Waals surface area contributed by atoms with E-state index in [4.69, 9.17) is 10.5 Å². The lowest BCUT2D eigenvalue weighted by atomic mass is 9.84. The summed E-state index contributed by atoms with van der Waals surface area (Å²) in [6.45, 7) is 0. The van der Waals surface area contributed by atoms with E-state index in [0.717, 1.165) is 24.5 Å². The number of alkyl halides is 3. The van der Waals surface area contributed by atoms with Gasteiger partial charge in [0.1, 0.15) is 29.3 Å². The molecule has 0 fully saturated rings. The largest absolute Gasteiger partial charge is 0.410 e. The molecule has 0 saturated heterocycles. The fourth-order valence-corrected chi connectivity index (χ4v) is 3.13. The number of amides is 1. The highest BCUT2D eigenvalue weighted by Crippen LogP contribution is 2.46. The summed E-state index contributed by atoms with van der Waals surface area (Å²) in [5.74, 6) is -4.13. The lowest BCUT2D eigenvalue weighted by molar-refractivity contribution is -0.160. The standard InChI is InChI=1S/C18H14F5N3O2/c19-9-5-6-13(20)11(7-9)15-16(28-17(24)27)14(25-8-26-15)10-3-1-2-4-12(10)18(21,22)23/h3,5-8,12H,1-2,4H2,(H2,24,27). The minimum atomic E-state index is -4.56. The van der Waals surface area contributed by atoms with Gasteiger partial charge in [-0.3, -0.25) is 0 Å². The molecule has 148 valence electrons. The molecule has 1 unspecified atom stereocenters. The molecule has 0 radical (unpaired) electrons. The maximum absolute atomic E-state index is 14.2. The van der Waals surface area contributed by atoms with Crippen LogP contribution in [0, 0.1) is 17.6 Å². The molecule has 10 heteroatoms. The van der Waals surface area contributed by atoms with Gasteiger partial charge in [0.2, 0.25) is 0 Å². The second-order valence-corrected chi connectivity index (χ2v) is 6.13. The van der Waals surface area contributed by atoms with Crippen LogP contribution >= 0.6 is 0 Å². The number of hydrogen-bond donors (Lipinski definition) is 1. The van der Waals surface area contributed by atoms with Gasteiger partial charge < -0.3 is 10.5 Å². The van der Waals surface area contributed by atoms with Crippen molar-refractivity contribution in [2.45, 2.75) is 25.4 Å². The predicted molar refractivity (Wildman–Crippen MR) is 89.0 cm³/mol. The molecule has 28 heavy (non-hydrogen) atoms. The molecule has 0 spiro atoms. The third kappa shape index (κ3) is 3.95. The van der Waals surface area contributed by atoms with E-state index in [1.54, 1.807) is 0 Å². The zero-order chi connectivity index (χ0) is 20.5. The highest BCUT2D eigenvalue weighted by atomic mass is 19.4. The zero-order valence-corrected chi connectivity index (χ0v) is 14.3. The summed E-state index contributed by atoms with van der Waals surface area (Å²) in [5.41, 5.74) is 3.68. The molecule has 1 amide bonds. The van der Waals surface area contributed by atoms with Crippen molar-refractivity contribution in [1.82, 2.24) is 9.97 Å². The van der Waals surface area contributed by atoms with Crippen LogP contribution in [-0.4, -0.2) is 22.2 Å². The summed E-state index contributed by atoms with van der Waals surface area (Å²) in [6, 6.07) is 2.46. The van der Waals surface area contributed by atoms with Crippen LogP contribution in [0.15, 0.2) is 30.6 Å². The van der Waals surface area contributed by atoms with Crippen LogP contribution in [0.3, 0.4) is 0 Å². The second kappa shape index (κ2) is 7.53. The van der Waals surface area contributed by atoms with E-state index < -0.39 is 41.1 Å². The van der Waals surface area contributed by atoms with E-state index in [2.05, 4.69) is 9.97 Å². The number of nitrogens with two attached hydrogens (primary N) is 1. The van der Waals surface area contributed by atoms with E-state index in [9.17, 15) is 26.7 Å². The predicted octanol–water partition coefficient (Wildman–Crippen LogP) is 4.63. The first-order chi connectivity index (χ1) is 13.2. The van der Waals surface area contributed by atoms with Crippen molar-refractivity contribution in [2.75, 3.05) is 0 Å². The van der Waals surface area contributed by atoms with Crippen molar-refractivity contribution in [3.63, 3.8) is 0 Å². The van der Waals surface area contributed by atoms with Crippen molar-refractivity contribution in [2.24, 2.45) is 11.7 Å². The summed E-state index contributed by atoms with van der Waals surface area (Å²) in [4.78, 5) is 19.0. The van der Waals surface area contributed by atoms with Crippen molar-refractivity contribution in [3.05, 3.63) is 47.9 Å². The van der Waals surface area contributed by atoms with E-state index in [0.29, 0.717) is 12.8 Å². The first-order valence-corrected chi connectivity index (χ1v) is 8.23. The highest BCUT2D eigenvalue weighted by molar-refractivity contribution is 5.81. The molecule has 1 aliphatic rings.